The minimum atomic E-state index is -0.821. The van der Waals surface area contributed by atoms with Crippen molar-refractivity contribution in [2.45, 2.75) is 32.4 Å². The van der Waals surface area contributed by atoms with Crippen LogP contribution in [0.4, 0.5) is 0 Å². The van der Waals surface area contributed by atoms with E-state index in [2.05, 4.69) is 11.9 Å². The summed E-state index contributed by atoms with van der Waals surface area (Å²) < 4.78 is 0. The van der Waals surface area contributed by atoms with Gasteiger partial charge in [-0.3, -0.25) is 4.79 Å². The lowest BCUT2D eigenvalue weighted by Gasteiger charge is -2.14. The lowest BCUT2D eigenvalue weighted by atomic mass is 10.2. The maximum atomic E-state index is 10.5. The Kier molecular flexibility index (Phi) is 4.54. The van der Waals surface area contributed by atoms with E-state index in [1.807, 2.05) is 13.8 Å². The van der Waals surface area contributed by atoms with Crippen molar-refractivity contribution in [3.63, 3.8) is 0 Å². The molecule has 64 valence electrons. The maximum absolute atomic E-state index is 10.5. The predicted octanol–water partition coefficient (Wildman–Crippen LogP) is 1.01. The van der Waals surface area contributed by atoms with Gasteiger partial charge < -0.3 is 10.4 Å². The van der Waals surface area contributed by atoms with Crippen LogP contribution in [0.25, 0.3) is 0 Å². The van der Waals surface area contributed by atoms with Crippen molar-refractivity contribution in [1.82, 2.24) is 5.32 Å². The third-order valence-electron chi connectivity index (χ3n) is 1.23. The van der Waals surface area contributed by atoms with Crippen LogP contribution in [0.15, 0.2) is 12.7 Å². The minimum absolute atomic E-state index is 0.191. The van der Waals surface area contributed by atoms with E-state index in [-0.39, 0.29) is 6.04 Å². The van der Waals surface area contributed by atoms with Gasteiger partial charge in [-0.2, -0.15) is 0 Å². The topological polar surface area (TPSA) is 49.3 Å². The number of carboxylic acid groups (broad SMARTS) is 1. The second-order valence-corrected chi connectivity index (χ2v) is 2.74. The molecular formula is C8H15NO2. The van der Waals surface area contributed by atoms with E-state index in [9.17, 15) is 4.79 Å². The van der Waals surface area contributed by atoms with Crippen LogP contribution in [-0.4, -0.2) is 23.2 Å². The molecule has 0 aromatic heterocycles. The average Bonchev–Trinajstić information content (AvgIpc) is 1.86. The highest BCUT2D eigenvalue weighted by Gasteiger charge is 2.15. The van der Waals surface area contributed by atoms with Crippen LogP contribution in [0.1, 0.15) is 20.3 Å². The number of aliphatic carboxylic acids is 1. The lowest BCUT2D eigenvalue weighted by molar-refractivity contribution is -0.139. The Morgan fingerprint density at radius 3 is 2.55 bits per heavy atom. The first-order valence-electron chi connectivity index (χ1n) is 3.67. The normalized spacial score (nSPS) is 13.0. The summed E-state index contributed by atoms with van der Waals surface area (Å²) in [6.07, 6.45) is 2.07. The van der Waals surface area contributed by atoms with Gasteiger partial charge in [-0.15, -0.1) is 6.58 Å². The maximum Gasteiger partial charge on any atom is 0.321 e. The molecule has 0 spiro atoms. The molecule has 3 heteroatoms. The molecule has 0 saturated heterocycles. The van der Waals surface area contributed by atoms with E-state index >= 15 is 0 Å². The van der Waals surface area contributed by atoms with Gasteiger partial charge in [0.25, 0.3) is 0 Å². The molecule has 0 aliphatic carbocycles. The molecule has 3 nitrogen and oxygen atoms in total. The summed E-state index contributed by atoms with van der Waals surface area (Å²) in [5, 5.41) is 11.6. The summed E-state index contributed by atoms with van der Waals surface area (Å²) in [6.45, 7) is 7.32. The molecule has 1 atom stereocenters. The molecule has 11 heavy (non-hydrogen) atoms. The molecule has 1 unspecified atom stereocenters. The highest BCUT2D eigenvalue weighted by atomic mass is 16.4. The molecule has 0 fully saturated rings. The monoisotopic (exact) mass is 157 g/mol. The molecule has 0 aliphatic heterocycles. The van der Waals surface area contributed by atoms with Crippen LogP contribution in [0.5, 0.6) is 0 Å². The molecule has 0 saturated carbocycles. The van der Waals surface area contributed by atoms with Gasteiger partial charge >= 0.3 is 5.97 Å². The van der Waals surface area contributed by atoms with Gasteiger partial charge in [0.1, 0.15) is 6.04 Å². The Bertz CT molecular complexity index is 143. The fraction of sp³-hybridized carbons (Fsp3) is 0.625. The largest absolute Gasteiger partial charge is 0.480 e. The summed E-state index contributed by atoms with van der Waals surface area (Å²) >= 11 is 0. The van der Waals surface area contributed by atoms with E-state index in [1.54, 1.807) is 6.08 Å². The number of nitrogens with one attached hydrogen (secondary N) is 1. The third-order valence-corrected chi connectivity index (χ3v) is 1.23. The molecule has 0 aliphatic rings. The van der Waals surface area contributed by atoms with Crippen LogP contribution in [0, 0.1) is 0 Å². The van der Waals surface area contributed by atoms with Crippen molar-refractivity contribution < 1.29 is 9.90 Å². The van der Waals surface area contributed by atoms with E-state index in [4.69, 9.17) is 5.11 Å². The zero-order chi connectivity index (χ0) is 8.85. The first kappa shape index (κ1) is 10.2. The zero-order valence-corrected chi connectivity index (χ0v) is 7.00. The second-order valence-electron chi connectivity index (χ2n) is 2.74. The summed E-state index contributed by atoms with van der Waals surface area (Å²) in [7, 11) is 0. The van der Waals surface area contributed by atoms with Gasteiger partial charge in [-0.05, 0) is 6.42 Å². The summed E-state index contributed by atoms with van der Waals surface area (Å²) in [4.78, 5) is 10.5. The average molecular weight is 157 g/mol. The fourth-order valence-corrected chi connectivity index (χ4v) is 0.809. The number of carboxylic acids is 1. The Hall–Kier alpha value is -0.830. The van der Waals surface area contributed by atoms with E-state index < -0.39 is 12.0 Å². The Labute approximate surface area is 67.1 Å². The van der Waals surface area contributed by atoms with Gasteiger partial charge in [-0.1, -0.05) is 19.9 Å². The number of hydrogen-bond donors (Lipinski definition) is 2. The van der Waals surface area contributed by atoms with Crippen molar-refractivity contribution in [3.05, 3.63) is 12.7 Å². The van der Waals surface area contributed by atoms with Crippen LogP contribution < -0.4 is 5.32 Å². The zero-order valence-electron chi connectivity index (χ0n) is 7.00. The van der Waals surface area contributed by atoms with Crippen LogP contribution in [0.2, 0.25) is 0 Å². The Morgan fingerprint density at radius 2 is 2.27 bits per heavy atom. The van der Waals surface area contributed by atoms with Crippen molar-refractivity contribution in [3.8, 4) is 0 Å². The first-order chi connectivity index (χ1) is 5.07. The minimum Gasteiger partial charge on any atom is -0.480 e. The number of hydrogen-bond acceptors (Lipinski definition) is 2. The predicted molar refractivity (Wildman–Crippen MR) is 44.5 cm³/mol. The van der Waals surface area contributed by atoms with Gasteiger partial charge in [0, 0.05) is 6.04 Å². The van der Waals surface area contributed by atoms with E-state index in [0.29, 0.717) is 6.42 Å². The first-order valence-corrected chi connectivity index (χ1v) is 3.67. The molecule has 2 N–H and O–H groups in total. The summed E-state index contributed by atoms with van der Waals surface area (Å²) in [5.41, 5.74) is 0. The van der Waals surface area contributed by atoms with Gasteiger partial charge in [0.2, 0.25) is 0 Å². The molecule has 0 rings (SSSR count). The highest BCUT2D eigenvalue weighted by Crippen LogP contribution is 1.94. The van der Waals surface area contributed by atoms with Crippen molar-refractivity contribution in [2.75, 3.05) is 0 Å². The molecule has 0 aromatic carbocycles. The highest BCUT2D eigenvalue weighted by molar-refractivity contribution is 5.73. The van der Waals surface area contributed by atoms with Gasteiger partial charge in [0.05, 0.1) is 0 Å². The van der Waals surface area contributed by atoms with Gasteiger partial charge in [-0.25, -0.2) is 0 Å². The van der Waals surface area contributed by atoms with Crippen LogP contribution >= 0.6 is 0 Å². The van der Waals surface area contributed by atoms with Crippen LogP contribution in [0.3, 0.4) is 0 Å². The number of rotatable bonds is 5. The number of carbonyl (C=O) groups is 1. The molecule has 0 radical (unpaired) electrons. The third kappa shape index (κ3) is 4.56. The quantitative estimate of drug-likeness (QED) is 0.586. The molecule has 0 bridgehead atoms. The van der Waals surface area contributed by atoms with Crippen molar-refractivity contribution in [1.29, 1.82) is 0 Å². The lowest BCUT2D eigenvalue weighted by Crippen LogP contribution is -2.40. The van der Waals surface area contributed by atoms with E-state index in [0.717, 1.165) is 0 Å². The van der Waals surface area contributed by atoms with Crippen molar-refractivity contribution in [2.24, 2.45) is 0 Å². The van der Waals surface area contributed by atoms with Gasteiger partial charge in [0.15, 0.2) is 0 Å². The standard InChI is InChI=1S/C8H15NO2/c1-4-5-7(8(10)11)9-6(2)3/h4,6-7,9H,1,5H2,2-3H3,(H,10,11). The SMILES string of the molecule is C=CCC(NC(C)C)C(=O)O. The van der Waals surface area contributed by atoms with E-state index in [1.165, 1.54) is 0 Å². The van der Waals surface area contributed by atoms with Crippen molar-refractivity contribution >= 4 is 5.97 Å². The summed E-state index contributed by atoms with van der Waals surface area (Å²) in [6, 6.07) is -0.302. The second kappa shape index (κ2) is 4.91. The Balaban J connectivity index is 3.88. The Morgan fingerprint density at radius 1 is 1.73 bits per heavy atom. The molecular weight excluding hydrogens is 142 g/mol. The smallest absolute Gasteiger partial charge is 0.321 e. The fourth-order valence-electron chi connectivity index (χ4n) is 0.809. The molecule has 0 amide bonds. The molecule has 0 heterocycles. The molecule has 0 aromatic rings. The summed E-state index contributed by atoms with van der Waals surface area (Å²) in [5.74, 6) is -0.821. The van der Waals surface area contributed by atoms with Crippen LogP contribution in [-0.2, 0) is 4.79 Å².